The maximum atomic E-state index is 13.5. The van der Waals surface area contributed by atoms with Crippen molar-refractivity contribution in [3.63, 3.8) is 0 Å². The summed E-state index contributed by atoms with van der Waals surface area (Å²) in [6.07, 6.45) is -3.24. The Morgan fingerprint density at radius 1 is 1.11 bits per heavy atom. The minimum atomic E-state index is -4.83. The Kier molecular flexibility index (Phi) is 8.09. The second-order valence-corrected chi connectivity index (χ2v) is 11.9. The van der Waals surface area contributed by atoms with Gasteiger partial charge in [0.1, 0.15) is 11.4 Å². The monoisotopic (exact) mass is 541 g/mol. The van der Waals surface area contributed by atoms with E-state index >= 15 is 0 Å². The molecule has 1 aliphatic carbocycles. The number of hydrogen-bond donors (Lipinski definition) is 0. The third-order valence-electron chi connectivity index (χ3n) is 5.95. The molecule has 0 amide bonds. The minimum absolute atomic E-state index is 0.329. The Balaban J connectivity index is 1.95. The van der Waals surface area contributed by atoms with Crippen LogP contribution in [0.3, 0.4) is 0 Å². The smallest absolute Gasteiger partial charge is 0.416 e. The summed E-state index contributed by atoms with van der Waals surface area (Å²) >= 11 is 0. The van der Waals surface area contributed by atoms with Crippen molar-refractivity contribution in [3.8, 4) is 5.75 Å². The SMILES string of the molecule is CC(=O)c1cc(C(F)(F)F)cc(S(=O)(=O)N(C)C2CCCc3c(OCC(=O)OC(C)(C)C)cccc32)c1. The zero-order chi connectivity index (χ0) is 27.8. The van der Waals surface area contributed by atoms with Crippen LogP contribution in [0.2, 0.25) is 0 Å². The van der Waals surface area contributed by atoms with Crippen LogP contribution in [0.5, 0.6) is 5.75 Å². The number of esters is 1. The number of carbonyl (C=O) groups is 2. The van der Waals surface area contributed by atoms with Gasteiger partial charge < -0.3 is 9.47 Å². The van der Waals surface area contributed by atoms with Gasteiger partial charge in [0.15, 0.2) is 12.4 Å². The van der Waals surface area contributed by atoms with Gasteiger partial charge in [0, 0.05) is 12.6 Å². The average molecular weight is 542 g/mol. The Bertz CT molecular complexity index is 1300. The molecule has 3 rings (SSSR count). The van der Waals surface area contributed by atoms with Gasteiger partial charge in [0.05, 0.1) is 16.5 Å². The molecule has 0 heterocycles. The summed E-state index contributed by atoms with van der Waals surface area (Å²) < 4.78 is 79.3. The van der Waals surface area contributed by atoms with Crippen molar-refractivity contribution in [2.75, 3.05) is 13.7 Å². The molecule has 1 aliphatic rings. The number of ketones is 1. The van der Waals surface area contributed by atoms with Gasteiger partial charge in [-0.2, -0.15) is 17.5 Å². The number of nitrogens with zero attached hydrogens (tertiary/aromatic N) is 1. The Morgan fingerprint density at radius 2 is 1.78 bits per heavy atom. The molecule has 0 radical (unpaired) electrons. The molecule has 0 aromatic heterocycles. The first-order valence-corrected chi connectivity index (χ1v) is 13.1. The molecule has 7 nitrogen and oxygen atoms in total. The van der Waals surface area contributed by atoms with E-state index in [1.165, 1.54) is 7.05 Å². The van der Waals surface area contributed by atoms with E-state index < -0.39 is 50.1 Å². The van der Waals surface area contributed by atoms with Gasteiger partial charge >= 0.3 is 12.1 Å². The molecule has 2 aromatic carbocycles. The molecule has 0 aliphatic heterocycles. The van der Waals surface area contributed by atoms with E-state index in [4.69, 9.17) is 9.47 Å². The van der Waals surface area contributed by atoms with Crippen LogP contribution >= 0.6 is 0 Å². The molecule has 1 unspecified atom stereocenters. The fourth-order valence-corrected chi connectivity index (χ4v) is 5.70. The first kappa shape index (κ1) is 28.6. The summed E-state index contributed by atoms with van der Waals surface area (Å²) in [5.41, 5.74) is -0.877. The van der Waals surface area contributed by atoms with Crippen molar-refractivity contribution in [2.45, 2.75) is 69.7 Å². The maximum Gasteiger partial charge on any atom is 0.416 e. The van der Waals surface area contributed by atoms with Gasteiger partial charge in [-0.1, -0.05) is 12.1 Å². The number of halogens is 3. The third kappa shape index (κ3) is 6.70. The summed E-state index contributed by atoms with van der Waals surface area (Å²) in [6, 6.07) is 6.54. The molecule has 0 saturated carbocycles. The number of fused-ring (bicyclic) bond motifs is 1. The Hall–Kier alpha value is -2.92. The van der Waals surface area contributed by atoms with Crippen molar-refractivity contribution in [2.24, 2.45) is 0 Å². The van der Waals surface area contributed by atoms with Crippen molar-refractivity contribution >= 4 is 21.8 Å². The lowest BCUT2D eigenvalue weighted by atomic mass is 9.87. The lowest BCUT2D eigenvalue weighted by Crippen LogP contribution is -2.34. The highest BCUT2D eigenvalue weighted by molar-refractivity contribution is 7.89. The van der Waals surface area contributed by atoms with Gasteiger partial charge in [0.2, 0.25) is 10.0 Å². The number of rotatable bonds is 7. The summed E-state index contributed by atoms with van der Waals surface area (Å²) in [4.78, 5) is 23.3. The van der Waals surface area contributed by atoms with Gasteiger partial charge in [-0.15, -0.1) is 0 Å². The number of sulfonamides is 1. The van der Waals surface area contributed by atoms with Crippen LogP contribution in [0.15, 0.2) is 41.3 Å². The van der Waals surface area contributed by atoms with E-state index in [1.54, 1.807) is 39.0 Å². The molecule has 1 atom stereocenters. The van der Waals surface area contributed by atoms with Gasteiger partial charge in [-0.25, -0.2) is 13.2 Å². The first-order valence-electron chi connectivity index (χ1n) is 11.7. The second kappa shape index (κ2) is 10.4. The van der Waals surface area contributed by atoms with Crippen LogP contribution in [0.25, 0.3) is 0 Å². The van der Waals surface area contributed by atoms with Gasteiger partial charge in [-0.3, -0.25) is 4.79 Å². The highest BCUT2D eigenvalue weighted by atomic mass is 32.2. The Morgan fingerprint density at radius 3 is 2.38 bits per heavy atom. The zero-order valence-corrected chi connectivity index (χ0v) is 22.1. The predicted octanol–water partition coefficient (Wildman–Crippen LogP) is 5.33. The van der Waals surface area contributed by atoms with Crippen LogP contribution in [0.4, 0.5) is 13.2 Å². The van der Waals surface area contributed by atoms with Crippen molar-refractivity contribution < 1.29 is 40.7 Å². The van der Waals surface area contributed by atoms with Crippen molar-refractivity contribution in [1.82, 2.24) is 4.31 Å². The summed E-state index contributed by atoms with van der Waals surface area (Å²) in [5.74, 6) is -0.820. The molecular formula is C26H30F3NO6S. The standard InChI is InChI=1S/C26H30F3NO6S/c1-16(31)17-12-18(26(27,28)29)14-19(13-17)37(33,34)30(5)22-10-6-9-21-20(22)8-7-11-23(21)35-15-24(32)36-25(2,3)4/h7-8,11-14,22H,6,9-10,15H2,1-5H3. The molecule has 0 bridgehead atoms. The van der Waals surface area contributed by atoms with Crippen LogP contribution in [0.1, 0.15) is 73.6 Å². The molecule has 0 fully saturated rings. The van der Waals surface area contributed by atoms with Crippen molar-refractivity contribution in [1.29, 1.82) is 0 Å². The molecule has 0 spiro atoms. The number of hydrogen-bond acceptors (Lipinski definition) is 6. The second-order valence-electron chi connectivity index (χ2n) is 9.93. The van der Waals surface area contributed by atoms with Gasteiger partial charge in [-0.05, 0) is 82.3 Å². The highest BCUT2D eigenvalue weighted by Crippen LogP contribution is 2.41. The largest absolute Gasteiger partial charge is 0.482 e. The van der Waals surface area contributed by atoms with Crippen LogP contribution in [-0.4, -0.2) is 43.7 Å². The molecule has 37 heavy (non-hydrogen) atoms. The maximum absolute atomic E-state index is 13.5. The van der Waals surface area contributed by atoms with E-state index in [2.05, 4.69) is 0 Å². The zero-order valence-electron chi connectivity index (χ0n) is 21.3. The van der Waals surface area contributed by atoms with E-state index in [0.717, 1.165) is 22.9 Å². The summed E-state index contributed by atoms with van der Waals surface area (Å²) in [6.45, 7) is 5.95. The third-order valence-corrected chi connectivity index (χ3v) is 7.80. The minimum Gasteiger partial charge on any atom is -0.482 e. The molecule has 0 saturated heterocycles. The molecule has 0 N–H and O–H groups in total. The van der Waals surface area contributed by atoms with Crippen LogP contribution in [0, 0.1) is 0 Å². The van der Waals surface area contributed by atoms with E-state index in [0.29, 0.717) is 42.7 Å². The number of alkyl halides is 3. The van der Waals surface area contributed by atoms with Gasteiger partial charge in [0.25, 0.3) is 0 Å². The Labute approximate surface area is 214 Å². The average Bonchev–Trinajstić information content (AvgIpc) is 2.79. The fraction of sp³-hybridized carbons (Fsp3) is 0.462. The van der Waals surface area contributed by atoms with E-state index in [-0.39, 0.29) is 12.2 Å². The quantitative estimate of drug-likeness (QED) is 0.348. The number of carbonyl (C=O) groups excluding carboxylic acids is 2. The lowest BCUT2D eigenvalue weighted by Gasteiger charge is -2.33. The topological polar surface area (TPSA) is 90.0 Å². The van der Waals surface area contributed by atoms with E-state index in [1.807, 2.05) is 0 Å². The summed E-state index contributed by atoms with van der Waals surface area (Å²) in [7, 11) is -3.11. The summed E-state index contributed by atoms with van der Waals surface area (Å²) in [5, 5.41) is 0. The predicted molar refractivity (Wildman–Crippen MR) is 130 cm³/mol. The number of ether oxygens (including phenoxy) is 2. The van der Waals surface area contributed by atoms with Crippen LogP contribution in [-0.2, 0) is 32.2 Å². The lowest BCUT2D eigenvalue weighted by molar-refractivity contribution is -0.157. The molecule has 2 aromatic rings. The number of benzene rings is 2. The van der Waals surface area contributed by atoms with Crippen molar-refractivity contribution in [3.05, 3.63) is 58.7 Å². The first-order chi connectivity index (χ1) is 17.0. The fourth-order valence-electron chi connectivity index (χ4n) is 4.26. The normalized spacial score (nSPS) is 16.3. The van der Waals surface area contributed by atoms with E-state index in [9.17, 15) is 31.2 Å². The molecule has 11 heteroatoms. The van der Waals surface area contributed by atoms with Crippen LogP contribution < -0.4 is 4.74 Å². The molecular weight excluding hydrogens is 511 g/mol. The highest BCUT2D eigenvalue weighted by Gasteiger charge is 2.37. The molecule has 202 valence electrons. The number of Topliss-reactive ketones (excluding diaryl/α,β-unsaturated/α-hetero) is 1.